The quantitative estimate of drug-likeness (QED) is 0.101. The van der Waals surface area contributed by atoms with Gasteiger partial charge in [-0.05, 0) is 57.9 Å². The van der Waals surface area contributed by atoms with Crippen molar-refractivity contribution < 1.29 is 79.6 Å². The monoisotopic (exact) mass is 996 g/mol. The summed E-state index contributed by atoms with van der Waals surface area (Å²) in [6.45, 7) is 14.0. The Morgan fingerprint density at radius 2 is 1.24 bits per heavy atom. The van der Waals surface area contributed by atoms with Crippen molar-refractivity contribution in [3.63, 3.8) is 0 Å². The van der Waals surface area contributed by atoms with Gasteiger partial charge in [-0.3, -0.25) is 9.59 Å². The summed E-state index contributed by atoms with van der Waals surface area (Å²) in [5.74, 6) is -4.17. The molecule has 6 rings (SSSR count). The van der Waals surface area contributed by atoms with E-state index in [9.17, 15) is 29.4 Å². The molecule has 18 nitrogen and oxygen atoms in total. The first kappa shape index (κ1) is 51.3. The molecule has 4 aliphatic heterocycles. The number of esters is 3. The van der Waals surface area contributed by atoms with Gasteiger partial charge in [0.25, 0.3) is 0 Å². The minimum Gasteiger partial charge on any atom is -0.456 e. The van der Waals surface area contributed by atoms with E-state index >= 15 is 0 Å². The van der Waals surface area contributed by atoms with Crippen LogP contribution in [0, 0.1) is 23.7 Å². The smallest absolute Gasteiger partial charge is 0.343 e. The van der Waals surface area contributed by atoms with Crippen molar-refractivity contribution in [1.29, 1.82) is 0 Å². The summed E-state index contributed by atoms with van der Waals surface area (Å²) in [5, 5.41) is 25.4. The highest BCUT2D eigenvalue weighted by atomic mass is 31.0. The van der Waals surface area contributed by atoms with E-state index in [4.69, 9.17) is 50.2 Å². The van der Waals surface area contributed by atoms with E-state index in [0.29, 0.717) is 5.56 Å². The van der Waals surface area contributed by atoms with Gasteiger partial charge in [0.05, 0.1) is 48.7 Å². The van der Waals surface area contributed by atoms with Crippen LogP contribution >= 0.6 is 18.5 Å². The molecule has 4 saturated heterocycles. The Morgan fingerprint density at radius 3 is 1.81 bits per heavy atom. The molecule has 0 amide bonds. The first-order valence-electron chi connectivity index (χ1n) is 24.1. The minimum absolute atomic E-state index is 0.0971. The third kappa shape index (κ3) is 12.2. The predicted octanol–water partition coefficient (Wildman–Crippen LogP) is 3.35. The van der Waals surface area contributed by atoms with Crippen molar-refractivity contribution in [2.24, 2.45) is 23.7 Å². The van der Waals surface area contributed by atoms with Crippen LogP contribution in [-0.4, -0.2) is 151 Å². The SMILES string of the molecule is [3H]N(CP)C1[C@H](O[C@@H]2C(CO)O[C@@H](OC3[C@H](C)OC(C(=O)Oc4ccccc4)[C@@](C)(O)[C@@H]3OC(C)=O)C(N([3H])CP)[C@H]2C)OC(C)[C@@H](O[C@@H]2OC(C(C)=O)[C@H](C)[C@H](C)C2OC(=O)c2ccccc2)[C@@H]1C. The molecule has 4 aliphatic rings. The number of aliphatic hydroxyl groups excluding tert-OH is 1. The predicted molar refractivity (Wildman–Crippen MR) is 252 cm³/mol. The van der Waals surface area contributed by atoms with Gasteiger partial charge in [0.1, 0.15) is 32.5 Å². The zero-order valence-electron chi connectivity index (χ0n) is 42.0. The maximum absolute atomic E-state index is 13.5. The lowest BCUT2D eigenvalue weighted by molar-refractivity contribution is -0.352. The molecule has 2 aromatic rings. The second-order valence-corrected chi connectivity index (χ2v) is 19.1. The number of ketones is 1. The molecule has 22 atom stereocenters. The van der Waals surface area contributed by atoms with Crippen LogP contribution in [0.3, 0.4) is 0 Å². The van der Waals surface area contributed by atoms with E-state index in [0.717, 1.165) is 6.92 Å². The van der Waals surface area contributed by atoms with Crippen LogP contribution in [-0.2, 0) is 57.0 Å². The fourth-order valence-electron chi connectivity index (χ4n) is 9.71. The molecular formula is C48H70N2O16P2. The lowest BCUT2D eigenvalue weighted by atomic mass is 9.81. The Hall–Kier alpha value is -3.06. The average molecular weight is 997 g/mol. The molecule has 0 bridgehead atoms. The number of carbonyl (C=O) groups is 4. The summed E-state index contributed by atoms with van der Waals surface area (Å²) >= 11 is 0. The molecule has 10 unspecified atom stereocenters. The summed E-state index contributed by atoms with van der Waals surface area (Å²) < 4.78 is 81.1. The van der Waals surface area contributed by atoms with E-state index < -0.39 is 134 Å². The van der Waals surface area contributed by atoms with Gasteiger partial charge in [0.15, 0.2) is 43.0 Å². The molecular weight excluding hydrogens is 922 g/mol. The fraction of sp³-hybridized carbons (Fsp3) is 0.667. The third-order valence-corrected chi connectivity index (χ3v) is 14.0. The Bertz CT molecular complexity index is 2070. The number of ether oxygens (including phenoxy) is 10. The van der Waals surface area contributed by atoms with Crippen LogP contribution in [0.15, 0.2) is 60.7 Å². The molecule has 4 N–H and O–H groups in total. The summed E-state index contributed by atoms with van der Waals surface area (Å²) in [5.41, 5.74) is -1.86. The van der Waals surface area contributed by atoms with Crippen molar-refractivity contribution in [3.05, 3.63) is 66.2 Å². The number of nitrogens with one attached hydrogen (secondary N) is 2. The van der Waals surface area contributed by atoms with E-state index in [1.165, 1.54) is 24.5 Å². The molecule has 0 spiro atoms. The first-order chi connectivity index (χ1) is 33.1. The molecule has 4 heterocycles. The van der Waals surface area contributed by atoms with Crippen LogP contribution in [0.4, 0.5) is 0 Å². The number of benzene rings is 2. The maximum Gasteiger partial charge on any atom is 0.343 e. The summed E-state index contributed by atoms with van der Waals surface area (Å²) in [6, 6.07) is 15.0. The molecule has 0 saturated carbocycles. The molecule has 4 fully saturated rings. The maximum atomic E-state index is 13.5. The second kappa shape index (κ2) is 23.9. The lowest BCUT2D eigenvalue weighted by Crippen LogP contribution is -2.70. The van der Waals surface area contributed by atoms with Gasteiger partial charge in [0.2, 0.25) is 0 Å². The number of rotatable bonds is 17. The van der Waals surface area contributed by atoms with E-state index in [-0.39, 0.29) is 35.9 Å². The van der Waals surface area contributed by atoms with Crippen molar-refractivity contribution >= 4 is 42.2 Å². The molecule has 0 aliphatic carbocycles. The van der Waals surface area contributed by atoms with Crippen LogP contribution in [0.25, 0.3) is 0 Å². The van der Waals surface area contributed by atoms with Gasteiger partial charge in [-0.2, -0.15) is 0 Å². The number of para-hydroxylation sites is 1. The standard InChI is InChI=1S/C48H70N2O16P2/c1-23-24(2)39(62-43(54)31-16-12-10-13-17-31)47(63-36(23)27(5)52)64-37-25(3)34(49-21-67)45(58-28(37)6)65-38-26(4)35(50-22-68)46(61-33(38)20-51)66-40-29(7)57-42(48(9,56)41(40)59-30(8)53)44(55)60-32-18-14-11-15-19-32/h10-19,23-26,28-29,33-42,45-47,49-51,56H,20-22,67-68H2,1-9H3/t23-,24+,25-,26-,28?,29+,33?,34?,35?,36?,37+,38+,39?,40?,41-,42?,45+,46+,47+,48+/m1/s1/i/hT2. The molecule has 0 aromatic heterocycles. The van der Waals surface area contributed by atoms with Crippen LogP contribution < -0.4 is 15.4 Å². The van der Waals surface area contributed by atoms with Gasteiger partial charge in [-0.25, -0.2) is 9.59 Å². The van der Waals surface area contributed by atoms with E-state index in [1.807, 2.05) is 20.8 Å². The summed E-state index contributed by atoms with van der Waals surface area (Å²) in [6.07, 6.45) is -14.2. The van der Waals surface area contributed by atoms with Gasteiger partial charge in [-0.1, -0.05) is 64.1 Å². The Labute approximate surface area is 406 Å². The largest absolute Gasteiger partial charge is 0.456 e. The normalized spacial score (nSPS) is 40.2. The van der Waals surface area contributed by atoms with E-state index in [2.05, 4.69) is 18.5 Å². The van der Waals surface area contributed by atoms with E-state index in [1.54, 1.807) is 81.4 Å². The molecule has 0 radical (unpaired) electrons. The van der Waals surface area contributed by atoms with Crippen molar-refractivity contribution in [3.8, 4) is 5.75 Å². The summed E-state index contributed by atoms with van der Waals surface area (Å²) in [4.78, 5) is 52.4. The number of hydrogen-bond donors (Lipinski definition) is 4. The highest BCUT2D eigenvalue weighted by Gasteiger charge is 2.60. The highest BCUT2D eigenvalue weighted by molar-refractivity contribution is 7.16. The van der Waals surface area contributed by atoms with Gasteiger partial charge in [0, 0.05) is 37.2 Å². The Balaban J connectivity index is 1.23. The number of carbonyl (C=O) groups excluding carboxylic acids is 4. The Kier molecular flexibility index (Phi) is 18.0. The summed E-state index contributed by atoms with van der Waals surface area (Å²) in [7, 11) is 5.00. The number of aliphatic hydroxyl groups is 2. The van der Waals surface area contributed by atoms with Crippen LogP contribution in [0.5, 0.6) is 5.75 Å². The zero-order valence-corrected chi connectivity index (χ0v) is 42.3. The Morgan fingerprint density at radius 1 is 0.691 bits per heavy atom. The van der Waals surface area contributed by atoms with Gasteiger partial charge in [-0.15, -0.1) is 18.5 Å². The minimum atomic E-state index is -2.20. The number of Topliss-reactive ketones (excluding diaryl/α,β-unsaturated/α-hetero) is 1. The van der Waals surface area contributed by atoms with Crippen LogP contribution in [0.1, 0.15) is 72.7 Å². The first-order valence-corrected chi connectivity index (χ1v) is 24.8. The fourth-order valence-corrected chi connectivity index (χ4v) is 10.2. The average Bonchev–Trinajstić information content (AvgIpc) is 3.32. The van der Waals surface area contributed by atoms with Crippen molar-refractivity contribution in [2.75, 3.05) is 19.2 Å². The molecule has 2 aromatic carbocycles. The topological polar surface area (TPSA) is 225 Å². The third-order valence-electron chi connectivity index (χ3n) is 13.6. The number of hydrogen-bond acceptors (Lipinski definition) is 18. The molecule has 20 heteroatoms. The molecule has 68 heavy (non-hydrogen) atoms. The highest BCUT2D eigenvalue weighted by Crippen LogP contribution is 2.41. The zero-order chi connectivity index (χ0) is 51.4. The molecule has 378 valence electrons. The van der Waals surface area contributed by atoms with Crippen LogP contribution in [0.2, 0.25) is 2.82 Å². The van der Waals surface area contributed by atoms with Crippen molar-refractivity contribution in [2.45, 2.75) is 160 Å². The second-order valence-electron chi connectivity index (χ2n) is 18.4. The lowest BCUT2D eigenvalue weighted by Gasteiger charge is -2.52. The van der Waals surface area contributed by atoms with Gasteiger partial charge >= 0.3 is 17.9 Å². The van der Waals surface area contributed by atoms with Gasteiger partial charge < -0.3 is 68.2 Å². The van der Waals surface area contributed by atoms with Crippen molar-refractivity contribution in [1.82, 2.24) is 10.6 Å².